The minimum absolute atomic E-state index is 0.113. The molecule has 2 rings (SSSR count). The van der Waals surface area contributed by atoms with Gasteiger partial charge in [-0.3, -0.25) is 4.79 Å². The maximum Gasteiger partial charge on any atom is 0.251 e. The molecule has 0 atom stereocenters. The average molecular weight is 278 g/mol. The van der Waals surface area contributed by atoms with Crippen LogP contribution in [0.4, 0.5) is 4.39 Å². The molecule has 0 bridgehead atoms. The summed E-state index contributed by atoms with van der Waals surface area (Å²) in [5.74, 6) is -0.541. The summed E-state index contributed by atoms with van der Waals surface area (Å²) in [5.41, 5.74) is 5.82. The van der Waals surface area contributed by atoms with Crippen LogP contribution >= 0.6 is 0 Å². The van der Waals surface area contributed by atoms with Gasteiger partial charge in [0.25, 0.3) is 5.91 Å². The highest BCUT2D eigenvalue weighted by molar-refractivity contribution is 5.94. The first-order valence-corrected chi connectivity index (χ1v) is 7.43. The number of carbonyl (C=O) groups is 1. The molecule has 4 heteroatoms. The second-order valence-corrected chi connectivity index (χ2v) is 5.70. The summed E-state index contributed by atoms with van der Waals surface area (Å²) in [5, 5.41) is 3.15. The van der Waals surface area contributed by atoms with Crippen LogP contribution in [0.3, 0.4) is 0 Å². The molecule has 0 heterocycles. The van der Waals surface area contributed by atoms with Crippen LogP contribution in [-0.4, -0.2) is 18.0 Å². The molecule has 0 aromatic heterocycles. The van der Waals surface area contributed by atoms with Crippen molar-refractivity contribution in [2.75, 3.05) is 6.54 Å². The Hall–Kier alpha value is -1.42. The number of hydrogen-bond donors (Lipinski definition) is 2. The van der Waals surface area contributed by atoms with E-state index in [0.717, 1.165) is 44.9 Å². The minimum Gasteiger partial charge on any atom is -0.347 e. The van der Waals surface area contributed by atoms with E-state index in [0.29, 0.717) is 12.1 Å². The molecular weight excluding hydrogens is 255 g/mol. The van der Waals surface area contributed by atoms with Gasteiger partial charge in [-0.25, -0.2) is 4.39 Å². The van der Waals surface area contributed by atoms with Crippen LogP contribution < -0.4 is 11.1 Å². The molecule has 1 aliphatic rings. The third kappa shape index (κ3) is 3.79. The van der Waals surface area contributed by atoms with Crippen LogP contribution in [0.5, 0.6) is 0 Å². The Morgan fingerprint density at radius 1 is 1.30 bits per heavy atom. The van der Waals surface area contributed by atoms with Gasteiger partial charge in [0.05, 0.1) is 0 Å². The number of amides is 1. The lowest BCUT2D eigenvalue weighted by Crippen LogP contribution is -2.46. The van der Waals surface area contributed by atoms with Crippen molar-refractivity contribution in [3.05, 3.63) is 35.6 Å². The lowest BCUT2D eigenvalue weighted by atomic mass is 9.90. The number of carbonyl (C=O) groups excluding carboxylic acids is 1. The molecule has 1 amide bonds. The molecule has 1 aliphatic carbocycles. The number of hydrogen-bond acceptors (Lipinski definition) is 2. The molecule has 0 saturated heterocycles. The van der Waals surface area contributed by atoms with Gasteiger partial charge in [0.2, 0.25) is 0 Å². The highest BCUT2D eigenvalue weighted by Gasteiger charge is 2.34. The summed E-state index contributed by atoms with van der Waals surface area (Å²) in [4.78, 5) is 12.3. The quantitative estimate of drug-likeness (QED) is 0.786. The lowest BCUT2D eigenvalue weighted by Gasteiger charge is -2.30. The number of rotatable bonds is 6. The summed E-state index contributed by atoms with van der Waals surface area (Å²) in [6, 6.07) is 5.86. The molecule has 1 fully saturated rings. The predicted octanol–water partition coefficient (Wildman–Crippen LogP) is 3.00. The SMILES string of the molecule is NCCCCC1(NC(=O)c2cccc(F)c2)CCCC1. The van der Waals surface area contributed by atoms with E-state index in [4.69, 9.17) is 5.73 Å². The molecule has 110 valence electrons. The normalized spacial score (nSPS) is 17.1. The Balaban J connectivity index is 2.02. The molecule has 20 heavy (non-hydrogen) atoms. The second-order valence-electron chi connectivity index (χ2n) is 5.70. The van der Waals surface area contributed by atoms with Crippen LogP contribution in [0.25, 0.3) is 0 Å². The van der Waals surface area contributed by atoms with E-state index >= 15 is 0 Å². The zero-order valence-corrected chi connectivity index (χ0v) is 11.8. The lowest BCUT2D eigenvalue weighted by molar-refractivity contribution is 0.0892. The summed E-state index contributed by atoms with van der Waals surface area (Å²) >= 11 is 0. The Bertz CT molecular complexity index is 456. The summed E-state index contributed by atoms with van der Waals surface area (Å²) < 4.78 is 13.2. The number of nitrogens with one attached hydrogen (secondary N) is 1. The van der Waals surface area contributed by atoms with Crippen molar-refractivity contribution in [1.82, 2.24) is 5.32 Å². The number of nitrogens with two attached hydrogens (primary N) is 1. The maximum absolute atomic E-state index is 13.2. The van der Waals surface area contributed by atoms with Crippen molar-refractivity contribution >= 4 is 5.91 Å². The van der Waals surface area contributed by atoms with E-state index in [2.05, 4.69) is 5.32 Å². The van der Waals surface area contributed by atoms with Crippen molar-refractivity contribution in [2.24, 2.45) is 5.73 Å². The van der Waals surface area contributed by atoms with Gasteiger partial charge in [-0.1, -0.05) is 18.9 Å². The zero-order chi connectivity index (χ0) is 14.4. The number of halogens is 1. The Kier molecular flexibility index (Phi) is 5.12. The fourth-order valence-corrected chi connectivity index (χ4v) is 3.04. The van der Waals surface area contributed by atoms with Crippen LogP contribution in [0.1, 0.15) is 55.3 Å². The van der Waals surface area contributed by atoms with Gasteiger partial charge in [0.15, 0.2) is 0 Å². The molecule has 1 aromatic rings. The average Bonchev–Trinajstić information content (AvgIpc) is 2.88. The molecule has 0 radical (unpaired) electrons. The van der Waals surface area contributed by atoms with Gasteiger partial charge in [-0.2, -0.15) is 0 Å². The van der Waals surface area contributed by atoms with Crippen LogP contribution in [0.15, 0.2) is 24.3 Å². The number of benzene rings is 1. The van der Waals surface area contributed by atoms with Crippen LogP contribution in [-0.2, 0) is 0 Å². The van der Waals surface area contributed by atoms with Crippen molar-refractivity contribution in [3.63, 3.8) is 0 Å². The smallest absolute Gasteiger partial charge is 0.251 e. The van der Waals surface area contributed by atoms with Gasteiger partial charge < -0.3 is 11.1 Å². The predicted molar refractivity (Wildman–Crippen MR) is 78.0 cm³/mol. The van der Waals surface area contributed by atoms with Gasteiger partial charge in [-0.05, 0) is 56.8 Å². The fraction of sp³-hybridized carbons (Fsp3) is 0.562. The molecule has 3 N–H and O–H groups in total. The Labute approximate surface area is 119 Å². The zero-order valence-electron chi connectivity index (χ0n) is 11.8. The van der Waals surface area contributed by atoms with Crippen molar-refractivity contribution < 1.29 is 9.18 Å². The van der Waals surface area contributed by atoms with E-state index in [9.17, 15) is 9.18 Å². The highest BCUT2D eigenvalue weighted by Crippen LogP contribution is 2.34. The largest absolute Gasteiger partial charge is 0.347 e. The summed E-state index contributed by atoms with van der Waals surface area (Å²) in [6.07, 6.45) is 7.29. The molecule has 1 aromatic carbocycles. The van der Waals surface area contributed by atoms with Crippen molar-refractivity contribution in [1.29, 1.82) is 0 Å². The van der Waals surface area contributed by atoms with E-state index in [1.165, 1.54) is 12.1 Å². The van der Waals surface area contributed by atoms with E-state index < -0.39 is 0 Å². The molecule has 0 spiro atoms. The van der Waals surface area contributed by atoms with Gasteiger partial charge >= 0.3 is 0 Å². The maximum atomic E-state index is 13.2. The second kappa shape index (κ2) is 6.84. The monoisotopic (exact) mass is 278 g/mol. The van der Waals surface area contributed by atoms with Crippen molar-refractivity contribution in [3.8, 4) is 0 Å². The topological polar surface area (TPSA) is 55.1 Å². The third-order valence-corrected chi connectivity index (χ3v) is 4.14. The first-order valence-electron chi connectivity index (χ1n) is 7.43. The minimum atomic E-state index is -0.374. The molecule has 1 saturated carbocycles. The summed E-state index contributed by atoms with van der Waals surface area (Å²) in [7, 11) is 0. The standard InChI is InChI=1S/C16H23FN2O/c17-14-7-5-6-13(12-14)15(20)19-16(8-1-2-9-16)10-3-4-11-18/h5-7,12H,1-4,8-11,18H2,(H,19,20). The van der Waals surface area contributed by atoms with Gasteiger partial charge in [0, 0.05) is 11.1 Å². The Morgan fingerprint density at radius 2 is 2.05 bits per heavy atom. The molecule has 0 unspecified atom stereocenters. The van der Waals surface area contributed by atoms with E-state index in [1.807, 2.05) is 0 Å². The molecular formula is C16H23FN2O. The highest BCUT2D eigenvalue weighted by atomic mass is 19.1. The Morgan fingerprint density at radius 3 is 2.70 bits per heavy atom. The first kappa shape index (κ1) is 15.0. The molecule has 0 aliphatic heterocycles. The van der Waals surface area contributed by atoms with E-state index in [1.54, 1.807) is 12.1 Å². The van der Waals surface area contributed by atoms with Gasteiger partial charge in [-0.15, -0.1) is 0 Å². The van der Waals surface area contributed by atoms with Crippen LogP contribution in [0.2, 0.25) is 0 Å². The van der Waals surface area contributed by atoms with Crippen LogP contribution in [0, 0.1) is 5.82 Å². The first-order chi connectivity index (χ1) is 9.65. The van der Waals surface area contributed by atoms with E-state index in [-0.39, 0.29) is 17.3 Å². The summed E-state index contributed by atoms with van der Waals surface area (Å²) in [6.45, 7) is 0.688. The van der Waals surface area contributed by atoms with Gasteiger partial charge in [0.1, 0.15) is 5.82 Å². The third-order valence-electron chi connectivity index (χ3n) is 4.14. The fourth-order valence-electron chi connectivity index (χ4n) is 3.04. The number of unbranched alkanes of at least 4 members (excludes halogenated alkanes) is 1. The van der Waals surface area contributed by atoms with Crippen molar-refractivity contribution in [2.45, 2.75) is 50.5 Å². The molecule has 3 nitrogen and oxygen atoms in total.